The number of nitrogens with one attached hydrogen (secondary N) is 3. The molecule has 0 radical (unpaired) electrons. The number of primary amides is 1. The quantitative estimate of drug-likeness (QED) is 0.144. The van der Waals surface area contributed by atoms with E-state index in [0.29, 0.717) is 0 Å². The standard InChI is InChI=1S/C16H29N5O8/c1-7(2)12(16(28)29)21-15(27)10(6-23)20-14(26)9(3-4-11(18)24)19-13(25)8(17)5-22/h7-10,12,22-23H,3-6,17H2,1-2H3,(H2,18,24)(H,19,25)(H,20,26)(H,21,27)(H,28,29). The molecule has 0 aliphatic carbocycles. The minimum atomic E-state index is -1.51. The van der Waals surface area contributed by atoms with Crippen LogP contribution in [0.15, 0.2) is 0 Å². The zero-order chi connectivity index (χ0) is 22.7. The molecular weight excluding hydrogens is 390 g/mol. The summed E-state index contributed by atoms with van der Waals surface area (Å²) in [6.07, 6.45) is -0.508. The Hall–Kier alpha value is -2.77. The number of rotatable bonds is 13. The highest BCUT2D eigenvalue weighted by Gasteiger charge is 2.31. The molecular formula is C16H29N5O8. The van der Waals surface area contributed by atoms with Gasteiger partial charge in [0.05, 0.1) is 13.2 Å². The SMILES string of the molecule is CC(C)C(NC(=O)C(CO)NC(=O)C(CCC(N)=O)NC(=O)C(N)CO)C(=O)O. The second kappa shape index (κ2) is 12.6. The largest absolute Gasteiger partial charge is 0.480 e. The minimum Gasteiger partial charge on any atom is -0.480 e. The molecule has 13 nitrogen and oxygen atoms in total. The monoisotopic (exact) mass is 419 g/mol. The van der Waals surface area contributed by atoms with Gasteiger partial charge in [-0.05, 0) is 12.3 Å². The first-order chi connectivity index (χ1) is 13.4. The zero-order valence-electron chi connectivity index (χ0n) is 16.3. The molecule has 0 aromatic carbocycles. The average molecular weight is 419 g/mol. The van der Waals surface area contributed by atoms with Gasteiger partial charge in [-0.25, -0.2) is 4.79 Å². The van der Waals surface area contributed by atoms with Crippen LogP contribution in [0.5, 0.6) is 0 Å². The summed E-state index contributed by atoms with van der Waals surface area (Å²) in [6, 6.07) is -5.42. The fourth-order valence-corrected chi connectivity index (χ4v) is 2.15. The average Bonchev–Trinajstić information content (AvgIpc) is 2.65. The molecule has 0 spiro atoms. The molecule has 0 aromatic rings. The van der Waals surface area contributed by atoms with Crippen molar-refractivity contribution in [3.05, 3.63) is 0 Å². The number of aliphatic hydroxyl groups excluding tert-OH is 2. The molecule has 0 saturated carbocycles. The first kappa shape index (κ1) is 26.2. The van der Waals surface area contributed by atoms with Gasteiger partial charge in [0.15, 0.2) is 0 Å². The highest BCUT2D eigenvalue weighted by atomic mass is 16.4. The van der Waals surface area contributed by atoms with Gasteiger partial charge in [0.1, 0.15) is 24.2 Å². The van der Waals surface area contributed by atoms with Crippen molar-refractivity contribution in [1.29, 1.82) is 0 Å². The number of carbonyl (C=O) groups excluding carboxylic acids is 4. The summed E-state index contributed by atoms with van der Waals surface area (Å²) in [6.45, 7) is 1.58. The van der Waals surface area contributed by atoms with E-state index in [1.54, 1.807) is 13.8 Å². The second-order valence-electron chi connectivity index (χ2n) is 6.67. The molecule has 0 heterocycles. The Morgan fingerprint density at radius 3 is 1.79 bits per heavy atom. The Bertz CT molecular complexity index is 612. The Balaban J connectivity index is 5.24. The van der Waals surface area contributed by atoms with E-state index in [1.165, 1.54) is 0 Å². The number of hydrogen-bond donors (Lipinski definition) is 8. The van der Waals surface area contributed by atoms with Crippen LogP contribution in [0.2, 0.25) is 0 Å². The third-order valence-corrected chi connectivity index (χ3v) is 3.89. The van der Waals surface area contributed by atoms with Crippen LogP contribution < -0.4 is 27.4 Å². The predicted octanol–water partition coefficient (Wildman–Crippen LogP) is -4.24. The van der Waals surface area contributed by atoms with Crippen molar-refractivity contribution in [2.24, 2.45) is 17.4 Å². The molecule has 4 atom stereocenters. The molecule has 0 fully saturated rings. The summed E-state index contributed by atoms with van der Waals surface area (Å²) in [5, 5.41) is 34.0. The lowest BCUT2D eigenvalue weighted by Crippen LogP contribution is -2.58. The minimum absolute atomic E-state index is 0.228. The van der Waals surface area contributed by atoms with Gasteiger partial charge in [0.2, 0.25) is 23.6 Å². The van der Waals surface area contributed by atoms with Crippen molar-refractivity contribution in [2.45, 2.75) is 50.9 Å². The molecule has 10 N–H and O–H groups in total. The summed E-state index contributed by atoms with van der Waals surface area (Å²) in [7, 11) is 0. The number of nitrogens with two attached hydrogens (primary N) is 2. The fraction of sp³-hybridized carbons (Fsp3) is 0.688. The first-order valence-corrected chi connectivity index (χ1v) is 8.84. The molecule has 166 valence electrons. The van der Waals surface area contributed by atoms with Crippen molar-refractivity contribution in [3.8, 4) is 0 Å². The Morgan fingerprint density at radius 2 is 1.38 bits per heavy atom. The summed E-state index contributed by atoms with van der Waals surface area (Å²) in [4.78, 5) is 58.7. The van der Waals surface area contributed by atoms with E-state index in [-0.39, 0.29) is 12.8 Å². The van der Waals surface area contributed by atoms with Gasteiger partial charge in [-0.2, -0.15) is 0 Å². The molecule has 0 aliphatic rings. The van der Waals surface area contributed by atoms with Crippen LogP contribution in [0.3, 0.4) is 0 Å². The number of carboxylic acids is 1. The Kier molecular flexibility index (Phi) is 11.4. The van der Waals surface area contributed by atoms with Crippen molar-refractivity contribution in [1.82, 2.24) is 16.0 Å². The van der Waals surface area contributed by atoms with Crippen LogP contribution in [0.1, 0.15) is 26.7 Å². The maximum atomic E-state index is 12.4. The maximum Gasteiger partial charge on any atom is 0.326 e. The van der Waals surface area contributed by atoms with Crippen LogP contribution in [0, 0.1) is 5.92 Å². The van der Waals surface area contributed by atoms with E-state index < -0.39 is 72.9 Å². The molecule has 29 heavy (non-hydrogen) atoms. The maximum absolute atomic E-state index is 12.4. The molecule has 0 aromatic heterocycles. The highest BCUT2D eigenvalue weighted by molar-refractivity contribution is 5.94. The second-order valence-corrected chi connectivity index (χ2v) is 6.67. The fourth-order valence-electron chi connectivity index (χ4n) is 2.15. The van der Waals surface area contributed by atoms with E-state index >= 15 is 0 Å². The number of amides is 4. The summed E-state index contributed by atoms with van der Waals surface area (Å²) in [5.74, 6) is -5.27. The van der Waals surface area contributed by atoms with E-state index in [0.717, 1.165) is 0 Å². The van der Waals surface area contributed by atoms with Gasteiger partial charge in [0, 0.05) is 6.42 Å². The molecule has 4 unspecified atom stereocenters. The van der Waals surface area contributed by atoms with Crippen LogP contribution in [-0.4, -0.2) is 82.3 Å². The third-order valence-electron chi connectivity index (χ3n) is 3.89. The molecule has 0 bridgehead atoms. The van der Waals surface area contributed by atoms with Gasteiger partial charge in [-0.1, -0.05) is 13.8 Å². The van der Waals surface area contributed by atoms with Gasteiger partial charge in [-0.3, -0.25) is 19.2 Å². The number of carboxylic acid groups (broad SMARTS) is 1. The predicted molar refractivity (Wildman–Crippen MR) is 98.8 cm³/mol. The number of hydrogen-bond acceptors (Lipinski definition) is 8. The van der Waals surface area contributed by atoms with Gasteiger partial charge in [0.25, 0.3) is 0 Å². The normalized spacial score (nSPS) is 15.0. The topological polar surface area (TPSA) is 234 Å². The number of carbonyl (C=O) groups is 5. The zero-order valence-corrected chi connectivity index (χ0v) is 16.3. The molecule has 13 heteroatoms. The van der Waals surface area contributed by atoms with Crippen LogP contribution in [0.25, 0.3) is 0 Å². The lowest BCUT2D eigenvalue weighted by Gasteiger charge is -2.24. The number of aliphatic carboxylic acids is 1. The van der Waals surface area contributed by atoms with Gasteiger partial charge in [-0.15, -0.1) is 0 Å². The van der Waals surface area contributed by atoms with Crippen LogP contribution in [0.4, 0.5) is 0 Å². The molecule has 0 aliphatic heterocycles. The van der Waals surface area contributed by atoms with Crippen molar-refractivity contribution in [3.63, 3.8) is 0 Å². The summed E-state index contributed by atoms with van der Waals surface area (Å²) < 4.78 is 0. The van der Waals surface area contributed by atoms with Crippen LogP contribution >= 0.6 is 0 Å². The molecule has 4 amide bonds. The summed E-state index contributed by atoms with van der Waals surface area (Å²) >= 11 is 0. The van der Waals surface area contributed by atoms with Crippen LogP contribution in [-0.2, 0) is 24.0 Å². The molecule has 0 rings (SSSR count). The van der Waals surface area contributed by atoms with Gasteiger partial charge < -0.3 is 42.7 Å². The van der Waals surface area contributed by atoms with E-state index in [2.05, 4.69) is 16.0 Å². The van der Waals surface area contributed by atoms with Crippen molar-refractivity contribution >= 4 is 29.6 Å². The van der Waals surface area contributed by atoms with E-state index in [1.807, 2.05) is 0 Å². The molecule has 0 saturated heterocycles. The first-order valence-electron chi connectivity index (χ1n) is 8.84. The van der Waals surface area contributed by atoms with Crippen molar-refractivity contribution in [2.75, 3.05) is 13.2 Å². The summed E-state index contributed by atoms with van der Waals surface area (Å²) in [5.41, 5.74) is 10.4. The van der Waals surface area contributed by atoms with E-state index in [9.17, 15) is 29.1 Å². The Labute approximate surface area is 167 Å². The lowest BCUT2D eigenvalue weighted by atomic mass is 10.0. The highest BCUT2D eigenvalue weighted by Crippen LogP contribution is 2.03. The van der Waals surface area contributed by atoms with Crippen molar-refractivity contribution < 1.29 is 39.3 Å². The third kappa shape index (κ3) is 9.32. The number of aliphatic hydroxyl groups is 2. The lowest BCUT2D eigenvalue weighted by molar-refractivity contribution is -0.143. The van der Waals surface area contributed by atoms with Gasteiger partial charge >= 0.3 is 5.97 Å². The smallest absolute Gasteiger partial charge is 0.326 e. The Morgan fingerprint density at radius 1 is 0.862 bits per heavy atom. The van der Waals surface area contributed by atoms with E-state index in [4.69, 9.17) is 21.7 Å².